The summed E-state index contributed by atoms with van der Waals surface area (Å²) < 4.78 is 5.66. The monoisotopic (exact) mass is 363 g/mol. The minimum Gasteiger partial charge on any atom is -0.394 e. The van der Waals surface area contributed by atoms with E-state index in [-0.39, 0.29) is 17.3 Å². The minimum atomic E-state index is -1.30. The molecule has 7 heteroatoms. The standard InChI is InChI=1S/C17H33NO5S/c1-5-9(2)18-10-6-12(17(3,4)7-10)24-16-15(22)14(21)13(20)11(8-19)23-16/h9-16,18-22H,5-8H2,1-4H3/t9-,10?,11-,12?,13+,14+,15-,16+/m1/s1. The van der Waals surface area contributed by atoms with Gasteiger partial charge in [-0.3, -0.25) is 0 Å². The highest BCUT2D eigenvalue weighted by Crippen LogP contribution is 2.47. The predicted molar refractivity (Wildman–Crippen MR) is 94.8 cm³/mol. The molecule has 0 bridgehead atoms. The van der Waals surface area contributed by atoms with Crippen molar-refractivity contribution in [3.8, 4) is 0 Å². The zero-order valence-electron chi connectivity index (χ0n) is 15.1. The van der Waals surface area contributed by atoms with Crippen LogP contribution in [-0.4, -0.2) is 74.2 Å². The highest BCUT2D eigenvalue weighted by Gasteiger charge is 2.48. The molecule has 2 fully saturated rings. The first-order chi connectivity index (χ1) is 11.2. The number of hydrogen-bond acceptors (Lipinski definition) is 7. The quantitative estimate of drug-likeness (QED) is 0.467. The smallest absolute Gasteiger partial charge is 0.132 e. The first-order valence-electron chi connectivity index (χ1n) is 8.91. The molecule has 6 nitrogen and oxygen atoms in total. The average Bonchev–Trinajstić information content (AvgIpc) is 2.81. The molecule has 2 rings (SSSR count). The van der Waals surface area contributed by atoms with Crippen LogP contribution >= 0.6 is 11.8 Å². The van der Waals surface area contributed by atoms with Gasteiger partial charge in [-0.05, 0) is 31.6 Å². The van der Waals surface area contributed by atoms with Gasteiger partial charge in [0, 0.05) is 17.3 Å². The molecule has 24 heavy (non-hydrogen) atoms. The van der Waals surface area contributed by atoms with Crippen LogP contribution in [0, 0.1) is 5.41 Å². The van der Waals surface area contributed by atoms with Crippen LogP contribution in [0.4, 0.5) is 0 Å². The van der Waals surface area contributed by atoms with Gasteiger partial charge in [-0.15, -0.1) is 11.8 Å². The Morgan fingerprint density at radius 1 is 1.21 bits per heavy atom. The van der Waals surface area contributed by atoms with Crippen molar-refractivity contribution in [3.63, 3.8) is 0 Å². The van der Waals surface area contributed by atoms with Crippen LogP contribution in [0.3, 0.4) is 0 Å². The largest absolute Gasteiger partial charge is 0.394 e. The van der Waals surface area contributed by atoms with E-state index in [4.69, 9.17) is 4.74 Å². The van der Waals surface area contributed by atoms with Gasteiger partial charge in [-0.1, -0.05) is 20.8 Å². The predicted octanol–water partition coefficient (Wildman–Crippen LogP) is 0.465. The molecule has 0 amide bonds. The Balaban J connectivity index is 2.01. The lowest BCUT2D eigenvalue weighted by Crippen LogP contribution is -2.58. The molecular weight excluding hydrogens is 330 g/mol. The Morgan fingerprint density at radius 2 is 1.88 bits per heavy atom. The number of ether oxygens (including phenoxy) is 1. The SMILES string of the molecule is CC[C@@H](C)NC1CC(S[C@@H]2O[C@H](CO)[C@H](O)[C@H](O)[C@H]2O)C(C)(C)C1. The van der Waals surface area contributed by atoms with E-state index >= 15 is 0 Å². The van der Waals surface area contributed by atoms with E-state index in [1.54, 1.807) is 0 Å². The number of aliphatic hydroxyl groups is 4. The molecule has 2 unspecified atom stereocenters. The Morgan fingerprint density at radius 3 is 2.46 bits per heavy atom. The fraction of sp³-hybridized carbons (Fsp3) is 1.00. The number of hydrogen-bond donors (Lipinski definition) is 5. The van der Waals surface area contributed by atoms with Crippen LogP contribution in [0.2, 0.25) is 0 Å². The van der Waals surface area contributed by atoms with Crippen molar-refractivity contribution in [3.05, 3.63) is 0 Å². The second-order valence-corrected chi connectivity index (χ2v) is 9.23. The van der Waals surface area contributed by atoms with Crippen molar-refractivity contribution in [1.29, 1.82) is 0 Å². The third-order valence-corrected chi connectivity index (χ3v) is 7.24. The summed E-state index contributed by atoms with van der Waals surface area (Å²) in [5, 5.41) is 43.3. The summed E-state index contributed by atoms with van der Waals surface area (Å²) in [4.78, 5) is 0. The summed E-state index contributed by atoms with van der Waals surface area (Å²) >= 11 is 1.51. The van der Waals surface area contributed by atoms with Crippen molar-refractivity contribution in [2.75, 3.05) is 6.61 Å². The van der Waals surface area contributed by atoms with Gasteiger partial charge >= 0.3 is 0 Å². The van der Waals surface area contributed by atoms with Crippen LogP contribution in [0.5, 0.6) is 0 Å². The Labute approximate surface area is 149 Å². The Kier molecular flexibility index (Phi) is 6.98. The van der Waals surface area contributed by atoms with E-state index < -0.39 is 29.9 Å². The molecule has 5 N–H and O–H groups in total. The summed E-state index contributed by atoms with van der Waals surface area (Å²) in [6.45, 7) is 8.40. The van der Waals surface area contributed by atoms with E-state index in [1.807, 2.05) is 0 Å². The Hall–Kier alpha value is 0.110. The number of nitrogens with one attached hydrogen (secondary N) is 1. The molecule has 2 aliphatic rings. The van der Waals surface area contributed by atoms with Gasteiger partial charge in [0.15, 0.2) is 0 Å². The lowest BCUT2D eigenvalue weighted by Gasteiger charge is -2.41. The van der Waals surface area contributed by atoms with Gasteiger partial charge in [0.25, 0.3) is 0 Å². The summed E-state index contributed by atoms with van der Waals surface area (Å²) in [5.74, 6) is 0. The maximum absolute atomic E-state index is 10.2. The van der Waals surface area contributed by atoms with Crippen LogP contribution in [0.1, 0.15) is 47.0 Å². The van der Waals surface area contributed by atoms with E-state index in [1.165, 1.54) is 11.8 Å². The second-order valence-electron chi connectivity index (χ2n) is 7.92. The van der Waals surface area contributed by atoms with E-state index in [0.29, 0.717) is 12.1 Å². The second kappa shape index (κ2) is 8.20. The molecule has 1 heterocycles. The lowest BCUT2D eigenvalue weighted by atomic mass is 9.91. The minimum absolute atomic E-state index is 0.0780. The van der Waals surface area contributed by atoms with E-state index in [0.717, 1.165) is 19.3 Å². The van der Waals surface area contributed by atoms with Crippen molar-refractivity contribution in [1.82, 2.24) is 5.32 Å². The van der Waals surface area contributed by atoms with Crippen LogP contribution in [0.25, 0.3) is 0 Å². The molecule has 0 aromatic carbocycles. The molecule has 1 saturated carbocycles. The molecular formula is C17H33NO5S. The maximum Gasteiger partial charge on any atom is 0.132 e. The third kappa shape index (κ3) is 4.44. The molecule has 0 aromatic rings. The zero-order chi connectivity index (χ0) is 18.1. The normalized spacial score (nSPS) is 43.8. The van der Waals surface area contributed by atoms with Gasteiger partial charge in [-0.25, -0.2) is 0 Å². The molecule has 0 spiro atoms. The van der Waals surface area contributed by atoms with Crippen molar-refractivity contribution < 1.29 is 25.2 Å². The first kappa shape index (κ1) is 20.4. The third-order valence-electron chi connectivity index (χ3n) is 5.42. The Bertz CT molecular complexity index is 408. The lowest BCUT2D eigenvalue weighted by molar-refractivity contribution is -0.205. The fourth-order valence-corrected chi connectivity index (χ4v) is 5.32. The highest BCUT2D eigenvalue weighted by molar-refractivity contribution is 8.00. The average molecular weight is 364 g/mol. The fourth-order valence-electron chi connectivity index (χ4n) is 3.66. The van der Waals surface area contributed by atoms with Gasteiger partial charge < -0.3 is 30.5 Å². The molecule has 0 aromatic heterocycles. The molecule has 1 saturated heterocycles. The maximum atomic E-state index is 10.2. The van der Waals surface area contributed by atoms with E-state index in [2.05, 4.69) is 33.0 Å². The van der Waals surface area contributed by atoms with Gasteiger partial charge in [0.2, 0.25) is 0 Å². The zero-order valence-corrected chi connectivity index (χ0v) is 15.9. The molecule has 0 radical (unpaired) electrons. The van der Waals surface area contributed by atoms with Crippen LogP contribution < -0.4 is 5.32 Å². The molecule has 142 valence electrons. The van der Waals surface area contributed by atoms with E-state index in [9.17, 15) is 20.4 Å². The van der Waals surface area contributed by atoms with Crippen molar-refractivity contribution >= 4 is 11.8 Å². The summed E-state index contributed by atoms with van der Waals surface area (Å²) in [5.41, 5.74) is -0.568. The topological polar surface area (TPSA) is 102 Å². The molecule has 1 aliphatic carbocycles. The van der Waals surface area contributed by atoms with Crippen LogP contribution in [0.15, 0.2) is 0 Å². The number of aliphatic hydroxyl groups excluding tert-OH is 4. The first-order valence-corrected chi connectivity index (χ1v) is 9.86. The summed E-state index contributed by atoms with van der Waals surface area (Å²) in [7, 11) is 0. The van der Waals surface area contributed by atoms with Gasteiger partial charge in [-0.2, -0.15) is 0 Å². The number of thioether (sulfide) groups is 1. The molecule has 1 aliphatic heterocycles. The van der Waals surface area contributed by atoms with Crippen LogP contribution in [-0.2, 0) is 4.74 Å². The summed E-state index contributed by atoms with van der Waals surface area (Å²) in [6.07, 6.45) is -1.49. The van der Waals surface area contributed by atoms with Gasteiger partial charge in [0.1, 0.15) is 29.9 Å². The van der Waals surface area contributed by atoms with Crippen molar-refractivity contribution in [2.45, 2.75) is 94.1 Å². The van der Waals surface area contributed by atoms with Crippen molar-refractivity contribution in [2.24, 2.45) is 5.41 Å². The molecule has 8 atom stereocenters. The highest BCUT2D eigenvalue weighted by atomic mass is 32.2. The number of rotatable bonds is 6. The van der Waals surface area contributed by atoms with Gasteiger partial charge in [0.05, 0.1) is 6.61 Å². The summed E-state index contributed by atoms with van der Waals surface area (Å²) in [6, 6.07) is 0.902.